The highest BCUT2D eigenvalue weighted by molar-refractivity contribution is 9.10. The molecule has 0 amide bonds. The van der Waals surface area contributed by atoms with Gasteiger partial charge in [0.25, 0.3) is 0 Å². The van der Waals surface area contributed by atoms with Crippen molar-refractivity contribution < 1.29 is 9.90 Å². The summed E-state index contributed by atoms with van der Waals surface area (Å²) in [5, 5.41) is 10.1. The lowest BCUT2D eigenvalue weighted by atomic mass is 10.1. The third-order valence-corrected chi connectivity index (χ3v) is 4.10. The molecule has 2 aromatic rings. The average Bonchev–Trinajstić information content (AvgIpc) is 2.77. The molecule has 1 unspecified atom stereocenters. The topological polar surface area (TPSA) is 56.3 Å². The first kappa shape index (κ1) is 15.1. The summed E-state index contributed by atoms with van der Waals surface area (Å²) in [7, 11) is 0. The summed E-state index contributed by atoms with van der Waals surface area (Å²) in [6.45, 7) is 5.60. The van der Waals surface area contributed by atoms with Crippen molar-refractivity contribution in [3.8, 4) is 0 Å². The van der Waals surface area contributed by atoms with Gasteiger partial charge in [0.2, 0.25) is 0 Å². The fourth-order valence-electron chi connectivity index (χ4n) is 2.46. The number of aliphatic carboxylic acids is 1. The van der Waals surface area contributed by atoms with Crippen molar-refractivity contribution in [3.63, 3.8) is 0 Å². The zero-order chi connectivity index (χ0) is 14.7. The van der Waals surface area contributed by atoms with Crippen molar-refractivity contribution in [1.29, 1.82) is 0 Å². The first-order valence-corrected chi connectivity index (χ1v) is 7.52. The van der Waals surface area contributed by atoms with Crippen molar-refractivity contribution in [2.75, 3.05) is 6.54 Å². The monoisotopic (exact) mass is 338 g/mol. The molecule has 0 aliphatic heterocycles. The first-order valence-electron chi connectivity index (χ1n) is 6.72. The maximum absolute atomic E-state index is 10.9. The average molecular weight is 339 g/mol. The molecule has 1 aromatic carbocycles. The molecule has 0 bridgehead atoms. The van der Waals surface area contributed by atoms with Crippen LogP contribution in [0.15, 0.2) is 28.9 Å². The van der Waals surface area contributed by atoms with Gasteiger partial charge in [0.15, 0.2) is 0 Å². The Morgan fingerprint density at radius 3 is 2.90 bits per heavy atom. The van der Waals surface area contributed by atoms with E-state index in [-0.39, 0.29) is 12.5 Å². The third-order valence-electron chi connectivity index (χ3n) is 3.60. The zero-order valence-corrected chi connectivity index (χ0v) is 13.3. The minimum absolute atomic E-state index is 0.0228. The van der Waals surface area contributed by atoms with Gasteiger partial charge in [0, 0.05) is 34.2 Å². The molecular formula is C15H19BrN2O2. The van der Waals surface area contributed by atoms with Gasteiger partial charge in [0.1, 0.15) is 0 Å². The number of aromatic amines is 1. The molecule has 0 aliphatic carbocycles. The van der Waals surface area contributed by atoms with Crippen LogP contribution < -0.4 is 0 Å². The van der Waals surface area contributed by atoms with Crippen LogP contribution in [0.2, 0.25) is 0 Å². The number of aromatic nitrogens is 1. The van der Waals surface area contributed by atoms with E-state index in [0.29, 0.717) is 0 Å². The van der Waals surface area contributed by atoms with E-state index >= 15 is 0 Å². The third kappa shape index (κ3) is 3.41. The second kappa shape index (κ2) is 6.41. The van der Waals surface area contributed by atoms with Crippen LogP contribution in [0.1, 0.15) is 25.8 Å². The van der Waals surface area contributed by atoms with Crippen molar-refractivity contribution >= 4 is 32.8 Å². The number of rotatable bonds is 6. The van der Waals surface area contributed by atoms with E-state index in [1.165, 1.54) is 10.9 Å². The normalized spacial score (nSPS) is 13.0. The largest absolute Gasteiger partial charge is 0.481 e. The van der Waals surface area contributed by atoms with Gasteiger partial charge in [-0.3, -0.25) is 9.69 Å². The minimum Gasteiger partial charge on any atom is -0.481 e. The van der Waals surface area contributed by atoms with Crippen LogP contribution in [0.4, 0.5) is 0 Å². The van der Waals surface area contributed by atoms with Crippen molar-refractivity contribution in [3.05, 3.63) is 34.4 Å². The number of halogens is 1. The SMILES string of the molecule is CCN(Cc1c[nH]c2ccc(Br)cc12)C(C)CC(=O)O. The molecule has 0 radical (unpaired) electrons. The predicted octanol–water partition coefficient (Wildman–Crippen LogP) is 3.62. The Morgan fingerprint density at radius 1 is 1.50 bits per heavy atom. The van der Waals surface area contributed by atoms with E-state index in [1.807, 2.05) is 25.3 Å². The van der Waals surface area contributed by atoms with E-state index in [0.717, 1.165) is 23.1 Å². The van der Waals surface area contributed by atoms with Crippen LogP contribution in [0, 0.1) is 0 Å². The minimum atomic E-state index is -0.752. The number of nitrogens with one attached hydrogen (secondary N) is 1. The molecule has 1 aromatic heterocycles. The quantitative estimate of drug-likeness (QED) is 0.845. The smallest absolute Gasteiger partial charge is 0.304 e. The van der Waals surface area contributed by atoms with Gasteiger partial charge in [0.05, 0.1) is 6.42 Å². The van der Waals surface area contributed by atoms with E-state index in [4.69, 9.17) is 5.11 Å². The number of benzene rings is 1. The predicted molar refractivity (Wildman–Crippen MR) is 83.8 cm³/mol. The summed E-state index contributed by atoms with van der Waals surface area (Å²) in [4.78, 5) is 16.3. The number of nitrogens with zero attached hydrogens (tertiary/aromatic N) is 1. The fraction of sp³-hybridized carbons (Fsp3) is 0.400. The van der Waals surface area contributed by atoms with Gasteiger partial charge < -0.3 is 10.1 Å². The second-order valence-corrected chi connectivity index (χ2v) is 5.93. The Morgan fingerprint density at radius 2 is 2.25 bits per heavy atom. The molecule has 2 rings (SSSR count). The number of hydrogen-bond donors (Lipinski definition) is 2. The number of hydrogen-bond acceptors (Lipinski definition) is 2. The Hall–Kier alpha value is -1.33. The molecule has 1 atom stereocenters. The maximum atomic E-state index is 10.9. The van der Waals surface area contributed by atoms with E-state index in [2.05, 4.69) is 38.8 Å². The number of carbonyl (C=O) groups is 1. The number of H-pyrrole nitrogens is 1. The molecule has 2 N–H and O–H groups in total. The van der Waals surface area contributed by atoms with Gasteiger partial charge in [-0.15, -0.1) is 0 Å². The van der Waals surface area contributed by atoms with E-state index < -0.39 is 5.97 Å². The van der Waals surface area contributed by atoms with Crippen molar-refractivity contribution in [2.45, 2.75) is 32.9 Å². The zero-order valence-electron chi connectivity index (χ0n) is 11.7. The standard InChI is InChI=1S/C15H19BrN2O2/c1-3-18(10(2)6-15(19)20)9-11-8-17-14-5-4-12(16)7-13(11)14/h4-5,7-8,10,17H,3,6,9H2,1-2H3,(H,19,20). The van der Waals surface area contributed by atoms with Crippen LogP contribution >= 0.6 is 15.9 Å². The summed E-state index contributed by atoms with van der Waals surface area (Å²) < 4.78 is 1.05. The summed E-state index contributed by atoms with van der Waals surface area (Å²) in [5.41, 5.74) is 2.30. The first-order chi connectivity index (χ1) is 9.51. The van der Waals surface area contributed by atoms with Crippen molar-refractivity contribution in [1.82, 2.24) is 9.88 Å². The van der Waals surface area contributed by atoms with Gasteiger partial charge in [-0.2, -0.15) is 0 Å². The Balaban J connectivity index is 2.21. The molecule has 20 heavy (non-hydrogen) atoms. The van der Waals surface area contributed by atoms with Crippen LogP contribution in [0.3, 0.4) is 0 Å². The lowest BCUT2D eigenvalue weighted by Crippen LogP contribution is -2.34. The molecule has 108 valence electrons. The summed E-state index contributed by atoms with van der Waals surface area (Å²) >= 11 is 3.49. The lowest BCUT2D eigenvalue weighted by Gasteiger charge is -2.26. The molecule has 1 heterocycles. The van der Waals surface area contributed by atoms with Gasteiger partial charge in [-0.25, -0.2) is 0 Å². The van der Waals surface area contributed by atoms with Gasteiger partial charge in [-0.05, 0) is 37.2 Å². The van der Waals surface area contributed by atoms with Crippen LogP contribution in [-0.2, 0) is 11.3 Å². The lowest BCUT2D eigenvalue weighted by molar-refractivity contribution is -0.138. The Labute approximate surface area is 126 Å². The number of carboxylic acid groups (broad SMARTS) is 1. The molecule has 0 spiro atoms. The maximum Gasteiger partial charge on any atom is 0.304 e. The second-order valence-electron chi connectivity index (χ2n) is 5.01. The molecule has 4 nitrogen and oxygen atoms in total. The molecule has 0 fully saturated rings. The van der Waals surface area contributed by atoms with Gasteiger partial charge >= 0.3 is 5.97 Å². The highest BCUT2D eigenvalue weighted by atomic mass is 79.9. The molecule has 5 heteroatoms. The Bertz CT molecular complexity index is 609. The summed E-state index contributed by atoms with van der Waals surface area (Å²) in [6.07, 6.45) is 2.17. The fourth-order valence-corrected chi connectivity index (χ4v) is 2.82. The molecule has 0 saturated heterocycles. The Kier molecular flexibility index (Phi) is 4.83. The van der Waals surface area contributed by atoms with E-state index in [1.54, 1.807) is 0 Å². The highest BCUT2D eigenvalue weighted by Gasteiger charge is 2.17. The summed E-state index contributed by atoms with van der Waals surface area (Å²) in [6, 6.07) is 6.17. The molecule has 0 saturated carbocycles. The molecular weight excluding hydrogens is 320 g/mol. The number of carboxylic acids is 1. The van der Waals surface area contributed by atoms with Crippen molar-refractivity contribution in [2.24, 2.45) is 0 Å². The molecule has 0 aliphatic rings. The van der Waals surface area contributed by atoms with Crippen LogP contribution in [0.5, 0.6) is 0 Å². The highest BCUT2D eigenvalue weighted by Crippen LogP contribution is 2.24. The summed E-state index contributed by atoms with van der Waals surface area (Å²) in [5.74, 6) is -0.752. The van der Waals surface area contributed by atoms with E-state index in [9.17, 15) is 4.79 Å². The van der Waals surface area contributed by atoms with Crippen LogP contribution in [-0.4, -0.2) is 33.5 Å². The van der Waals surface area contributed by atoms with Crippen LogP contribution in [0.25, 0.3) is 10.9 Å². The van der Waals surface area contributed by atoms with Gasteiger partial charge in [-0.1, -0.05) is 22.9 Å². The number of fused-ring (bicyclic) bond motifs is 1.